The first-order valence-electron chi connectivity index (χ1n) is 10.6. The van der Waals surface area contributed by atoms with E-state index < -0.39 is 24.0 Å². The number of esters is 1. The lowest BCUT2D eigenvalue weighted by Gasteiger charge is -2.11. The summed E-state index contributed by atoms with van der Waals surface area (Å²) in [6.45, 7) is 4.07. The van der Waals surface area contributed by atoms with Crippen LogP contribution in [0.15, 0.2) is 72.9 Å². The van der Waals surface area contributed by atoms with Crippen LogP contribution in [0.5, 0.6) is 0 Å². The standard InChI is InChI=1S/C25H26N4O4/c1-3-26-25(32)27-24(31)18(2)33-22(30)15-14-21-17-29(16-19-10-6-4-7-11-19)28-23(21)20-12-8-5-9-13-20/h4-15,17-18H,3,16H2,1-2H3,(H2,26,27,31,32)/b15-14+. The fraction of sp³-hybridized carbons (Fsp3) is 0.200. The maximum absolute atomic E-state index is 12.3. The van der Waals surface area contributed by atoms with Crippen LogP contribution in [0.4, 0.5) is 4.79 Å². The van der Waals surface area contributed by atoms with Crippen LogP contribution < -0.4 is 10.6 Å². The van der Waals surface area contributed by atoms with Crippen molar-refractivity contribution in [3.63, 3.8) is 0 Å². The van der Waals surface area contributed by atoms with Gasteiger partial charge in [-0.25, -0.2) is 9.59 Å². The molecule has 0 radical (unpaired) electrons. The zero-order valence-corrected chi connectivity index (χ0v) is 18.5. The van der Waals surface area contributed by atoms with Crippen molar-refractivity contribution in [2.24, 2.45) is 0 Å². The summed E-state index contributed by atoms with van der Waals surface area (Å²) in [5.74, 6) is -1.41. The van der Waals surface area contributed by atoms with Gasteiger partial charge < -0.3 is 10.1 Å². The zero-order chi connectivity index (χ0) is 23.6. The van der Waals surface area contributed by atoms with E-state index in [0.717, 1.165) is 22.4 Å². The minimum absolute atomic E-state index is 0.373. The van der Waals surface area contributed by atoms with Gasteiger partial charge >= 0.3 is 12.0 Å². The van der Waals surface area contributed by atoms with Crippen molar-refractivity contribution in [2.75, 3.05) is 6.54 Å². The third-order valence-electron chi connectivity index (χ3n) is 4.66. The highest BCUT2D eigenvalue weighted by molar-refractivity contribution is 5.98. The van der Waals surface area contributed by atoms with Crippen LogP contribution in [0.2, 0.25) is 0 Å². The number of carbonyl (C=O) groups is 3. The van der Waals surface area contributed by atoms with Crippen molar-refractivity contribution in [3.05, 3.63) is 84.1 Å². The summed E-state index contributed by atoms with van der Waals surface area (Å²) in [6.07, 6.45) is 3.57. The lowest BCUT2D eigenvalue weighted by Crippen LogP contribution is -2.44. The van der Waals surface area contributed by atoms with Crippen molar-refractivity contribution in [3.8, 4) is 11.3 Å². The molecule has 3 aromatic rings. The van der Waals surface area contributed by atoms with Gasteiger partial charge in [0.2, 0.25) is 0 Å². The molecule has 3 amide bonds. The second kappa shape index (κ2) is 11.4. The Balaban J connectivity index is 1.73. The topological polar surface area (TPSA) is 102 Å². The van der Waals surface area contributed by atoms with Gasteiger partial charge in [0.15, 0.2) is 6.10 Å². The van der Waals surface area contributed by atoms with E-state index in [1.165, 1.54) is 13.0 Å². The molecular formula is C25H26N4O4. The maximum Gasteiger partial charge on any atom is 0.331 e. The Hall–Kier alpha value is -4.20. The number of hydrogen-bond donors (Lipinski definition) is 2. The Kier molecular flexibility index (Phi) is 8.13. The van der Waals surface area contributed by atoms with E-state index in [9.17, 15) is 14.4 Å². The Morgan fingerprint density at radius 2 is 1.73 bits per heavy atom. The van der Waals surface area contributed by atoms with Gasteiger partial charge in [0.1, 0.15) is 0 Å². The molecule has 1 atom stereocenters. The molecule has 0 aliphatic carbocycles. The van der Waals surface area contributed by atoms with Gasteiger partial charge in [-0.05, 0) is 25.5 Å². The first kappa shape index (κ1) is 23.5. The molecule has 33 heavy (non-hydrogen) atoms. The van der Waals surface area contributed by atoms with Gasteiger partial charge in [-0.3, -0.25) is 14.8 Å². The van der Waals surface area contributed by atoms with Crippen molar-refractivity contribution in [1.82, 2.24) is 20.4 Å². The molecular weight excluding hydrogens is 420 g/mol. The quantitative estimate of drug-likeness (QED) is 0.408. The average molecular weight is 447 g/mol. The molecule has 2 N–H and O–H groups in total. The van der Waals surface area contributed by atoms with Crippen LogP contribution in [0.3, 0.4) is 0 Å². The molecule has 0 spiro atoms. The lowest BCUT2D eigenvalue weighted by molar-refractivity contribution is -0.149. The van der Waals surface area contributed by atoms with E-state index in [4.69, 9.17) is 9.84 Å². The number of ether oxygens (including phenoxy) is 1. The molecule has 0 aliphatic rings. The van der Waals surface area contributed by atoms with E-state index in [2.05, 4.69) is 10.6 Å². The monoisotopic (exact) mass is 446 g/mol. The zero-order valence-electron chi connectivity index (χ0n) is 18.5. The number of nitrogens with zero attached hydrogens (tertiary/aromatic N) is 2. The summed E-state index contributed by atoms with van der Waals surface area (Å²) in [6, 6.07) is 18.9. The number of nitrogens with one attached hydrogen (secondary N) is 2. The van der Waals surface area contributed by atoms with Crippen molar-refractivity contribution in [1.29, 1.82) is 0 Å². The molecule has 0 saturated carbocycles. The van der Waals surface area contributed by atoms with Gasteiger partial charge in [-0.15, -0.1) is 0 Å². The average Bonchev–Trinajstić information content (AvgIpc) is 3.21. The van der Waals surface area contributed by atoms with Gasteiger partial charge in [-0.1, -0.05) is 60.7 Å². The van der Waals surface area contributed by atoms with Crippen molar-refractivity contribution >= 4 is 24.0 Å². The number of imide groups is 1. The second-order valence-corrected chi connectivity index (χ2v) is 7.24. The van der Waals surface area contributed by atoms with Gasteiger partial charge in [0.25, 0.3) is 5.91 Å². The summed E-state index contributed by atoms with van der Waals surface area (Å²) < 4.78 is 6.93. The Morgan fingerprint density at radius 3 is 2.39 bits per heavy atom. The smallest absolute Gasteiger partial charge is 0.331 e. The van der Waals surface area contributed by atoms with Crippen LogP contribution >= 0.6 is 0 Å². The predicted octanol–water partition coefficient (Wildman–Crippen LogP) is 3.39. The SMILES string of the molecule is CCNC(=O)NC(=O)C(C)OC(=O)/C=C/c1cn(Cc2ccccc2)nc1-c1ccccc1. The number of benzene rings is 2. The van der Waals surface area contributed by atoms with E-state index >= 15 is 0 Å². The van der Waals surface area contributed by atoms with Crippen LogP contribution in [0, 0.1) is 0 Å². The fourth-order valence-electron chi connectivity index (χ4n) is 3.07. The highest BCUT2D eigenvalue weighted by atomic mass is 16.5. The molecule has 0 aliphatic heterocycles. The van der Waals surface area contributed by atoms with Crippen molar-refractivity contribution < 1.29 is 19.1 Å². The third-order valence-corrected chi connectivity index (χ3v) is 4.66. The summed E-state index contributed by atoms with van der Waals surface area (Å²) in [5, 5.41) is 9.25. The molecule has 2 aromatic carbocycles. The number of hydrogen-bond acceptors (Lipinski definition) is 5. The number of rotatable bonds is 8. The molecule has 8 nitrogen and oxygen atoms in total. The molecule has 0 bridgehead atoms. The first-order valence-corrected chi connectivity index (χ1v) is 10.6. The van der Waals surface area contributed by atoms with E-state index in [1.54, 1.807) is 13.0 Å². The molecule has 8 heteroatoms. The van der Waals surface area contributed by atoms with Crippen LogP contribution in [0.1, 0.15) is 25.0 Å². The summed E-state index contributed by atoms with van der Waals surface area (Å²) >= 11 is 0. The minimum atomic E-state index is -1.13. The minimum Gasteiger partial charge on any atom is -0.449 e. The van der Waals surface area contributed by atoms with Crippen LogP contribution in [-0.2, 0) is 20.9 Å². The van der Waals surface area contributed by atoms with Gasteiger partial charge in [0.05, 0.1) is 12.2 Å². The largest absolute Gasteiger partial charge is 0.449 e. The first-order chi connectivity index (χ1) is 16.0. The van der Waals surface area contributed by atoms with E-state index in [1.807, 2.05) is 71.5 Å². The molecule has 0 saturated heterocycles. The number of urea groups is 1. The number of carbonyl (C=O) groups excluding carboxylic acids is 3. The number of amides is 3. The van der Waals surface area contributed by atoms with Gasteiger partial charge in [-0.2, -0.15) is 5.10 Å². The summed E-state index contributed by atoms with van der Waals surface area (Å²) in [5.41, 5.74) is 3.46. The number of aromatic nitrogens is 2. The Bertz CT molecular complexity index is 1120. The summed E-state index contributed by atoms with van der Waals surface area (Å²) in [7, 11) is 0. The predicted molar refractivity (Wildman–Crippen MR) is 125 cm³/mol. The molecule has 1 aromatic heterocycles. The molecule has 3 rings (SSSR count). The van der Waals surface area contributed by atoms with E-state index in [-0.39, 0.29) is 0 Å². The van der Waals surface area contributed by atoms with Crippen molar-refractivity contribution in [2.45, 2.75) is 26.5 Å². The third kappa shape index (κ3) is 6.90. The normalized spacial score (nSPS) is 11.7. The summed E-state index contributed by atoms with van der Waals surface area (Å²) in [4.78, 5) is 35.7. The molecule has 1 unspecified atom stereocenters. The maximum atomic E-state index is 12.3. The Morgan fingerprint density at radius 1 is 1.06 bits per heavy atom. The molecule has 0 fully saturated rings. The molecule has 170 valence electrons. The molecule has 1 heterocycles. The highest BCUT2D eigenvalue weighted by Crippen LogP contribution is 2.23. The van der Waals surface area contributed by atoms with Gasteiger partial charge in [0, 0.05) is 29.9 Å². The highest BCUT2D eigenvalue weighted by Gasteiger charge is 2.19. The lowest BCUT2D eigenvalue weighted by atomic mass is 10.1. The van der Waals surface area contributed by atoms with E-state index in [0.29, 0.717) is 13.1 Å². The fourth-order valence-corrected chi connectivity index (χ4v) is 3.07. The second-order valence-electron chi connectivity index (χ2n) is 7.24. The van der Waals surface area contributed by atoms with Crippen LogP contribution in [0.25, 0.3) is 17.3 Å². The van der Waals surface area contributed by atoms with Crippen LogP contribution in [-0.4, -0.2) is 40.3 Å². The Labute approximate surface area is 192 Å².